The zero-order valence-corrected chi connectivity index (χ0v) is 11.8. The first-order valence-electron chi connectivity index (χ1n) is 6.21. The smallest absolute Gasteiger partial charge is 0.238 e. The van der Waals surface area contributed by atoms with E-state index < -0.39 is 5.41 Å². The van der Waals surface area contributed by atoms with E-state index in [0.717, 1.165) is 5.69 Å². The minimum Gasteiger partial charge on any atom is -0.409 e. The summed E-state index contributed by atoms with van der Waals surface area (Å²) in [5, 5.41) is 18.8. The number of amides is 1. The van der Waals surface area contributed by atoms with Gasteiger partial charge in [-0.3, -0.25) is 9.48 Å². The van der Waals surface area contributed by atoms with E-state index in [1.54, 1.807) is 24.9 Å². The third-order valence-electron chi connectivity index (χ3n) is 3.50. The summed E-state index contributed by atoms with van der Waals surface area (Å²) in [6, 6.07) is 0. The quantitative estimate of drug-likeness (QED) is 0.323. The lowest BCUT2D eigenvalue weighted by Crippen LogP contribution is -2.46. The highest BCUT2D eigenvalue weighted by atomic mass is 16.4. The van der Waals surface area contributed by atoms with Gasteiger partial charge in [-0.25, -0.2) is 0 Å². The molecular weight excluding hydrogens is 246 g/mol. The van der Waals surface area contributed by atoms with E-state index in [1.165, 1.54) is 0 Å². The van der Waals surface area contributed by atoms with Crippen LogP contribution in [0.15, 0.2) is 11.4 Å². The number of aryl methyl sites for hydroxylation is 2. The van der Waals surface area contributed by atoms with Crippen LogP contribution in [0.2, 0.25) is 0 Å². The van der Waals surface area contributed by atoms with E-state index in [0.29, 0.717) is 18.5 Å². The summed E-state index contributed by atoms with van der Waals surface area (Å²) >= 11 is 0. The molecule has 0 fully saturated rings. The standard InChI is InChI=1S/C12H21N5O2/c1-5-12(6-2,10(13)16-19)11(18)14-9-7-17(4)15-8(9)3/h7,19H,5-6H2,1-4H3,(H2,13,16)(H,14,18). The molecule has 0 aromatic carbocycles. The van der Waals surface area contributed by atoms with Gasteiger partial charge in [0, 0.05) is 13.2 Å². The summed E-state index contributed by atoms with van der Waals surface area (Å²) < 4.78 is 1.62. The van der Waals surface area contributed by atoms with Gasteiger partial charge in [0.1, 0.15) is 5.41 Å². The average molecular weight is 267 g/mol. The predicted octanol–water partition coefficient (Wildman–Crippen LogP) is 1.22. The van der Waals surface area contributed by atoms with Gasteiger partial charge in [-0.15, -0.1) is 0 Å². The molecule has 1 aromatic rings. The van der Waals surface area contributed by atoms with E-state index in [2.05, 4.69) is 15.6 Å². The zero-order valence-electron chi connectivity index (χ0n) is 11.8. The molecule has 0 atom stereocenters. The van der Waals surface area contributed by atoms with Crippen molar-refractivity contribution >= 4 is 17.4 Å². The van der Waals surface area contributed by atoms with Crippen LogP contribution in [0, 0.1) is 12.3 Å². The fourth-order valence-electron chi connectivity index (χ4n) is 2.11. The van der Waals surface area contributed by atoms with E-state index in [4.69, 9.17) is 10.9 Å². The van der Waals surface area contributed by atoms with Gasteiger partial charge in [0.05, 0.1) is 11.4 Å². The minimum atomic E-state index is -1.00. The Morgan fingerprint density at radius 2 is 2.16 bits per heavy atom. The number of aromatic nitrogens is 2. The van der Waals surface area contributed by atoms with Gasteiger partial charge in [0.25, 0.3) is 0 Å². The molecule has 7 nitrogen and oxygen atoms in total. The Labute approximate surface area is 112 Å². The lowest BCUT2D eigenvalue weighted by molar-refractivity contribution is -0.122. The lowest BCUT2D eigenvalue weighted by Gasteiger charge is -2.28. The first kappa shape index (κ1) is 15.0. The van der Waals surface area contributed by atoms with Crippen molar-refractivity contribution in [1.82, 2.24) is 9.78 Å². The summed E-state index contributed by atoms with van der Waals surface area (Å²) in [5.41, 5.74) is 6.03. The Morgan fingerprint density at radius 3 is 2.53 bits per heavy atom. The van der Waals surface area contributed by atoms with Gasteiger partial charge in [-0.2, -0.15) is 5.10 Å². The number of oxime groups is 1. The predicted molar refractivity (Wildman–Crippen MR) is 73.0 cm³/mol. The first-order chi connectivity index (χ1) is 8.91. The van der Waals surface area contributed by atoms with E-state index >= 15 is 0 Å². The van der Waals surface area contributed by atoms with Gasteiger partial charge in [-0.1, -0.05) is 19.0 Å². The molecule has 1 heterocycles. The molecule has 1 amide bonds. The molecule has 0 aliphatic carbocycles. The third-order valence-corrected chi connectivity index (χ3v) is 3.50. The van der Waals surface area contributed by atoms with E-state index in [9.17, 15) is 4.79 Å². The van der Waals surface area contributed by atoms with Crippen molar-refractivity contribution in [2.45, 2.75) is 33.6 Å². The molecule has 1 aromatic heterocycles. The van der Waals surface area contributed by atoms with Crippen molar-refractivity contribution in [2.75, 3.05) is 5.32 Å². The van der Waals surface area contributed by atoms with Crippen LogP contribution in [0.25, 0.3) is 0 Å². The second-order valence-corrected chi connectivity index (χ2v) is 4.53. The van der Waals surface area contributed by atoms with Crippen molar-refractivity contribution in [3.63, 3.8) is 0 Å². The molecule has 0 saturated heterocycles. The fourth-order valence-corrected chi connectivity index (χ4v) is 2.11. The van der Waals surface area contributed by atoms with Crippen molar-refractivity contribution in [1.29, 1.82) is 0 Å². The molecule has 0 saturated carbocycles. The number of hydrogen-bond donors (Lipinski definition) is 3. The van der Waals surface area contributed by atoms with Crippen LogP contribution in [0.3, 0.4) is 0 Å². The molecule has 4 N–H and O–H groups in total. The van der Waals surface area contributed by atoms with Gasteiger partial charge in [0.15, 0.2) is 5.84 Å². The second-order valence-electron chi connectivity index (χ2n) is 4.53. The Bertz CT molecular complexity index is 488. The van der Waals surface area contributed by atoms with E-state index in [1.807, 2.05) is 13.8 Å². The maximum absolute atomic E-state index is 12.4. The molecule has 19 heavy (non-hydrogen) atoms. The van der Waals surface area contributed by atoms with Crippen LogP contribution >= 0.6 is 0 Å². The van der Waals surface area contributed by atoms with Gasteiger partial charge in [0.2, 0.25) is 5.91 Å². The maximum atomic E-state index is 12.4. The largest absolute Gasteiger partial charge is 0.409 e. The maximum Gasteiger partial charge on any atom is 0.238 e. The third kappa shape index (κ3) is 2.69. The summed E-state index contributed by atoms with van der Waals surface area (Å²) in [7, 11) is 1.78. The highest BCUT2D eigenvalue weighted by Crippen LogP contribution is 2.29. The normalized spacial score (nSPS) is 12.5. The molecule has 106 valence electrons. The number of anilines is 1. The number of amidine groups is 1. The number of nitrogens with one attached hydrogen (secondary N) is 1. The Balaban J connectivity index is 3.05. The van der Waals surface area contributed by atoms with Crippen LogP contribution in [-0.4, -0.2) is 26.7 Å². The lowest BCUT2D eigenvalue weighted by atomic mass is 9.80. The molecule has 0 unspecified atom stereocenters. The molecule has 7 heteroatoms. The Hall–Kier alpha value is -2.05. The molecule has 0 aliphatic rings. The highest BCUT2D eigenvalue weighted by molar-refractivity contribution is 6.11. The molecule has 0 spiro atoms. The molecule has 0 aliphatic heterocycles. The number of hydrogen-bond acceptors (Lipinski definition) is 4. The van der Waals surface area contributed by atoms with Crippen molar-refractivity contribution in [3.05, 3.63) is 11.9 Å². The molecule has 1 rings (SSSR count). The summed E-state index contributed by atoms with van der Waals surface area (Å²) in [4.78, 5) is 12.4. The fraction of sp³-hybridized carbons (Fsp3) is 0.583. The number of nitrogens with zero attached hydrogens (tertiary/aromatic N) is 3. The van der Waals surface area contributed by atoms with Crippen molar-refractivity contribution in [2.24, 2.45) is 23.4 Å². The second kappa shape index (κ2) is 5.73. The molecular formula is C12H21N5O2. The molecule has 0 bridgehead atoms. The number of carbonyl (C=O) groups excluding carboxylic acids is 1. The average Bonchev–Trinajstić information content (AvgIpc) is 2.69. The summed E-state index contributed by atoms with van der Waals surface area (Å²) in [6.07, 6.45) is 2.62. The topological polar surface area (TPSA) is 106 Å². The number of rotatable bonds is 5. The SMILES string of the molecule is CCC(CC)(C(=O)Nc1cn(C)nc1C)C(N)=NO. The summed E-state index contributed by atoms with van der Waals surface area (Å²) in [6.45, 7) is 5.47. The first-order valence-corrected chi connectivity index (χ1v) is 6.21. The van der Waals surface area contributed by atoms with Crippen LogP contribution < -0.4 is 11.1 Å². The van der Waals surface area contributed by atoms with Gasteiger partial charge < -0.3 is 16.3 Å². The zero-order chi connectivity index (χ0) is 14.6. The minimum absolute atomic E-state index is 0.0726. The van der Waals surface area contributed by atoms with Crippen molar-refractivity contribution < 1.29 is 10.0 Å². The van der Waals surface area contributed by atoms with Crippen LogP contribution in [-0.2, 0) is 11.8 Å². The van der Waals surface area contributed by atoms with Gasteiger partial charge >= 0.3 is 0 Å². The summed E-state index contributed by atoms with van der Waals surface area (Å²) in [5.74, 6) is -0.361. The van der Waals surface area contributed by atoms with E-state index in [-0.39, 0.29) is 11.7 Å². The Kier molecular flexibility index (Phi) is 4.52. The van der Waals surface area contributed by atoms with Crippen LogP contribution in [0.1, 0.15) is 32.4 Å². The van der Waals surface area contributed by atoms with Gasteiger partial charge in [-0.05, 0) is 19.8 Å². The molecule has 0 radical (unpaired) electrons. The monoisotopic (exact) mass is 267 g/mol. The number of nitrogens with two attached hydrogens (primary N) is 1. The Morgan fingerprint density at radius 1 is 1.58 bits per heavy atom. The highest BCUT2D eigenvalue weighted by Gasteiger charge is 2.40. The van der Waals surface area contributed by atoms with Crippen LogP contribution in [0.5, 0.6) is 0 Å². The van der Waals surface area contributed by atoms with Crippen LogP contribution in [0.4, 0.5) is 5.69 Å². The van der Waals surface area contributed by atoms with Crippen molar-refractivity contribution in [3.8, 4) is 0 Å². The number of carbonyl (C=O) groups is 1.